The highest BCUT2D eigenvalue weighted by Crippen LogP contribution is 2.79. The molecule has 0 unspecified atom stereocenters. The Kier molecular flexibility index (Phi) is 3.47. The van der Waals surface area contributed by atoms with E-state index in [0.29, 0.717) is 6.42 Å². The van der Waals surface area contributed by atoms with Crippen LogP contribution in [0.3, 0.4) is 0 Å². The van der Waals surface area contributed by atoms with Gasteiger partial charge in [-0.05, 0) is 32.0 Å². The zero-order chi connectivity index (χ0) is 20.3. The van der Waals surface area contributed by atoms with E-state index in [9.17, 15) is 9.59 Å². The number of cyclic esters (lactones) is 1. The second-order valence-corrected chi connectivity index (χ2v) is 15.7. The van der Waals surface area contributed by atoms with E-state index in [-0.39, 0.29) is 30.0 Å². The monoisotopic (exact) mass is 392 g/mol. The number of hydrogen-bond acceptors (Lipinski definition) is 5. The lowest BCUT2D eigenvalue weighted by molar-refractivity contribution is -0.165. The van der Waals surface area contributed by atoms with Crippen molar-refractivity contribution in [1.82, 2.24) is 0 Å². The number of hydrogen-bond donors (Lipinski definition) is 0. The molecule has 0 bridgehead atoms. The molecular weight excluding hydrogens is 360 g/mol. The van der Waals surface area contributed by atoms with Gasteiger partial charge >= 0.3 is 11.9 Å². The fourth-order valence-corrected chi connectivity index (χ4v) is 7.42. The van der Waals surface area contributed by atoms with Crippen molar-refractivity contribution in [2.75, 3.05) is 6.61 Å². The van der Waals surface area contributed by atoms with E-state index in [0.717, 1.165) is 5.57 Å². The van der Waals surface area contributed by atoms with Gasteiger partial charge in [0.15, 0.2) is 8.32 Å². The summed E-state index contributed by atoms with van der Waals surface area (Å²) in [6, 6.07) is 0. The van der Waals surface area contributed by atoms with Crippen molar-refractivity contribution in [2.45, 2.75) is 84.2 Å². The quantitative estimate of drug-likeness (QED) is 0.404. The van der Waals surface area contributed by atoms with Gasteiger partial charge in [0, 0.05) is 6.42 Å². The summed E-state index contributed by atoms with van der Waals surface area (Å²) in [4.78, 5) is 25.7. The average Bonchev–Trinajstić information content (AvgIpc) is 3.11. The number of ether oxygens (including phenoxy) is 2. The minimum atomic E-state index is -2.22. The van der Waals surface area contributed by atoms with E-state index in [4.69, 9.17) is 13.9 Å². The molecule has 0 aromatic rings. The highest BCUT2D eigenvalue weighted by atomic mass is 28.4. The molecule has 2 saturated heterocycles. The molecule has 6 heteroatoms. The van der Waals surface area contributed by atoms with Crippen LogP contribution in [0.2, 0.25) is 18.1 Å². The van der Waals surface area contributed by atoms with E-state index in [1.54, 1.807) is 0 Å². The molecule has 0 aromatic carbocycles. The highest BCUT2D eigenvalue weighted by molar-refractivity contribution is 6.74. The average molecular weight is 393 g/mol. The zero-order valence-electron chi connectivity index (χ0n) is 17.8. The minimum absolute atomic E-state index is 0.0101. The molecule has 1 saturated carbocycles. The van der Waals surface area contributed by atoms with Crippen LogP contribution in [-0.4, -0.2) is 38.6 Å². The molecule has 2 heterocycles. The molecule has 0 N–H and O–H groups in total. The predicted octanol–water partition coefficient (Wildman–Crippen LogP) is 3.98. The van der Waals surface area contributed by atoms with Crippen LogP contribution < -0.4 is 0 Å². The smallest absolute Gasteiger partial charge is 0.315 e. The van der Waals surface area contributed by atoms with Gasteiger partial charge in [0.1, 0.15) is 17.6 Å². The Labute approximate surface area is 162 Å². The summed E-state index contributed by atoms with van der Waals surface area (Å²) in [5.41, 5.74) is -1.65. The van der Waals surface area contributed by atoms with Crippen molar-refractivity contribution in [3.63, 3.8) is 0 Å². The molecule has 0 amide bonds. The van der Waals surface area contributed by atoms with Crippen LogP contribution in [0.25, 0.3) is 0 Å². The predicted molar refractivity (Wildman–Crippen MR) is 103 cm³/mol. The maximum absolute atomic E-state index is 13.1. The fraction of sp³-hybridized carbons (Fsp3) is 0.810. The summed E-state index contributed by atoms with van der Waals surface area (Å²) < 4.78 is 18.8. The molecule has 4 aliphatic rings. The van der Waals surface area contributed by atoms with Gasteiger partial charge in [-0.2, -0.15) is 0 Å². The van der Waals surface area contributed by atoms with Crippen molar-refractivity contribution in [1.29, 1.82) is 0 Å². The van der Waals surface area contributed by atoms with Crippen molar-refractivity contribution >= 4 is 20.3 Å². The molecule has 5 nitrogen and oxygen atoms in total. The lowest BCUT2D eigenvalue weighted by atomic mass is 9.62. The Morgan fingerprint density at radius 2 is 1.85 bits per heavy atom. The van der Waals surface area contributed by atoms with Gasteiger partial charge in [0.25, 0.3) is 0 Å². The summed E-state index contributed by atoms with van der Waals surface area (Å²) in [7, 11) is -2.22. The second-order valence-electron chi connectivity index (χ2n) is 10.9. The van der Waals surface area contributed by atoms with E-state index < -0.39 is 36.3 Å². The van der Waals surface area contributed by atoms with E-state index in [2.05, 4.69) is 53.8 Å². The highest BCUT2D eigenvalue weighted by Gasteiger charge is 2.89. The summed E-state index contributed by atoms with van der Waals surface area (Å²) in [5, 5.41) is -0.0101. The van der Waals surface area contributed by atoms with Crippen LogP contribution in [0.4, 0.5) is 0 Å². The Bertz CT molecular complexity index is 780. The van der Waals surface area contributed by atoms with Crippen LogP contribution in [-0.2, 0) is 23.5 Å². The van der Waals surface area contributed by atoms with Crippen LogP contribution in [0.15, 0.2) is 11.6 Å². The Balaban J connectivity index is 1.97. The number of carbonyl (C=O) groups is 2. The van der Waals surface area contributed by atoms with Gasteiger partial charge in [-0.25, -0.2) is 0 Å². The summed E-state index contributed by atoms with van der Waals surface area (Å²) in [5.74, 6) is -0.401. The lowest BCUT2D eigenvalue weighted by Gasteiger charge is -2.46. The van der Waals surface area contributed by atoms with Crippen molar-refractivity contribution in [3.05, 3.63) is 11.6 Å². The molecular formula is C21H32O5Si. The van der Waals surface area contributed by atoms with E-state index in [1.807, 2.05) is 6.92 Å². The lowest BCUT2D eigenvalue weighted by Crippen LogP contribution is -2.55. The Hall–Kier alpha value is -1.14. The number of rotatable bonds is 2. The molecule has 5 atom stereocenters. The first-order valence-corrected chi connectivity index (χ1v) is 12.8. The molecule has 150 valence electrons. The SMILES string of the molecule is CC1=CC[C@@]23OC(=O)C[C@@]12[C@@H](O[Si](C)(C)C(C)(C)C)[C@@]1(C)C(=O)OC[C@@]31C. The number of esters is 2. The maximum Gasteiger partial charge on any atom is 0.315 e. The van der Waals surface area contributed by atoms with Gasteiger partial charge in [0.05, 0.1) is 23.4 Å². The van der Waals surface area contributed by atoms with Crippen LogP contribution in [0.1, 0.15) is 54.4 Å². The van der Waals surface area contributed by atoms with Gasteiger partial charge in [-0.1, -0.05) is 39.3 Å². The largest absolute Gasteiger partial charge is 0.464 e. The molecule has 4 rings (SSSR count). The minimum Gasteiger partial charge on any atom is -0.464 e. The molecule has 0 aromatic heterocycles. The number of fused-ring (bicyclic) bond motifs is 1. The Morgan fingerprint density at radius 1 is 1.22 bits per heavy atom. The molecule has 0 radical (unpaired) electrons. The Morgan fingerprint density at radius 3 is 2.44 bits per heavy atom. The molecule has 0 spiro atoms. The molecule has 3 fully saturated rings. The van der Waals surface area contributed by atoms with Crippen LogP contribution in [0, 0.1) is 16.2 Å². The van der Waals surface area contributed by atoms with Gasteiger partial charge in [-0.15, -0.1) is 0 Å². The third-order valence-electron chi connectivity index (χ3n) is 8.98. The van der Waals surface area contributed by atoms with Crippen molar-refractivity contribution in [3.8, 4) is 0 Å². The summed E-state index contributed by atoms with van der Waals surface area (Å²) in [6.07, 6.45) is 2.68. The zero-order valence-corrected chi connectivity index (χ0v) is 18.8. The van der Waals surface area contributed by atoms with Crippen molar-refractivity contribution < 1.29 is 23.5 Å². The first-order chi connectivity index (χ1) is 12.2. The standard InChI is InChI=1S/C21H32O5Si/c1-13-9-10-21-18(5)12-24-16(23)19(18,6)15(20(13,21)11-14(22)25-21)26-27(7,8)17(2,3)4/h9,15H,10-12H2,1-8H3/t15-,18+,19-,20-,21-/m0/s1. The maximum atomic E-state index is 13.1. The van der Waals surface area contributed by atoms with Gasteiger partial charge < -0.3 is 13.9 Å². The normalized spacial score (nSPS) is 45.9. The third kappa shape index (κ3) is 1.76. The van der Waals surface area contributed by atoms with Gasteiger partial charge in [0.2, 0.25) is 0 Å². The van der Waals surface area contributed by atoms with Gasteiger partial charge in [-0.3, -0.25) is 9.59 Å². The third-order valence-corrected chi connectivity index (χ3v) is 13.4. The molecule has 2 aliphatic carbocycles. The fourth-order valence-electron chi connectivity index (χ4n) is 6.04. The molecule has 27 heavy (non-hydrogen) atoms. The van der Waals surface area contributed by atoms with Crippen molar-refractivity contribution in [2.24, 2.45) is 16.2 Å². The van der Waals surface area contributed by atoms with E-state index in [1.165, 1.54) is 0 Å². The van der Waals surface area contributed by atoms with E-state index >= 15 is 0 Å². The van der Waals surface area contributed by atoms with Crippen LogP contribution >= 0.6 is 0 Å². The summed E-state index contributed by atoms with van der Waals surface area (Å²) in [6.45, 7) is 17.4. The first kappa shape index (κ1) is 19.2. The first-order valence-electron chi connectivity index (χ1n) is 9.94. The topological polar surface area (TPSA) is 61.8 Å². The molecule has 2 aliphatic heterocycles. The van der Waals surface area contributed by atoms with Crippen LogP contribution in [0.5, 0.6) is 0 Å². The summed E-state index contributed by atoms with van der Waals surface area (Å²) >= 11 is 0. The number of carbonyl (C=O) groups excluding carboxylic acids is 2. The second kappa shape index (κ2) is 4.88.